The monoisotopic (exact) mass is 419 g/mol. The van der Waals surface area contributed by atoms with Crippen LogP contribution in [0.15, 0.2) is 61.1 Å². The summed E-state index contributed by atoms with van der Waals surface area (Å²) in [5.41, 5.74) is 4.25. The molecule has 162 valence electrons. The van der Waals surface area contributed by atoms with Crippen LogP contribution in [-0.2, 0) is 6.42 Å². The molecule has 4 rings (SSSR count). The zero-order chi connectivity index (χ0) is 21.6. The Bertz CT molecular complexity index is 1010. The maximum Gasteiger partial charge on any atom is 0.317 e. The van der Waals surface area contributed by atoms with Crippen molar-refractivity contribution in [3.63, 3.8) is 0 Å². The first-order valence-electron chi connectivity index (χ1n) is 10.6. The van der Waals surface area contributed by atoms with Gasteiger partial charge in [-0.1, -0.05) is 30.3 Å². The summed E-state index contributed by atoms with van der Waals surface area (Å²) in [6.07, 6.45) is 4.61. The molecule has 0 spiro atoms. The largest absolute Gasteiger partial charge is 0.494 e. The lowest BCUT2D eigenvalue weighted by Crippen LogP contribution is -2.52. The summed E-state index contributed by atoms with van der Waals surface area (Å²) in [7, 11) is 1.68. The maximum absolute atomic E-state index is 12.5. The Morgan fingerprint density at radius 3 is 2.55 bits per heavy atom. The van der Waals surface area contributed by atoms with Crippen LogP contribution in [0, 0.1) is 6.92 Å². The molecule has 0 bridgehead atoms. The van der Waals surface area contributed by atoms with Crippen molar-refractivity contribution < 1.29 is 9.53 Å². The van der Waals surface area contributed by atoms with E-state index in [0.717, 1.165) is 42.3 Å². The van der Waals surface area contributed by atoms with E-state index in [1.54, 1.807) is 13.4 Å². The van der Waals surface area contributed by atoms with Gasteiger partial charge in [0.2, 0.25) is 0 Å². The average Bonchev–Trinajstić information content (AvgIpc) is 3.25. The van der Waals surface area contributed by atoms with Gasteiger partial charge in [0.25, 0.3) is 0 Å². The minimum absolute atomic E-state index is 0.0130. The number of nitrogens with zero attached hydrogens (tertiary/aromatic N) is 4. The third-order valence-electron chi connectivity index (χ3n) is 5.62. The Labute approximate surface area is 183 Å². The Morgan fingerprint density at radius 2 is 1.87 bits per heavy atom. The second-order valence-electron chi connectivity index (χ2n) is 7.72. The number of methoxy groups -OCH3 is 1. The zero-order valence-corrected chi connectivity index (χ0v) is 18.1. The Balaban J connectivity index is 1.31. The highest BCUT2D eigenvalue weighted by atomic mass is 16.5. The van der Waals surface area contributed by atoms with E-state index in [4.69, 9.17) is 4.74 Å². The highest BCUT2D eigenvalue weighted by molar-refractivity contribution is 5.74. The fourth-order valence-electron chi connectivity index (χ4n) is 3.87. The number of hydrogen-bond donors (Lipinski definition) is 1. The molecule has 1 N–H and O–H groups in total. The number of carbonyl (C=O) groups is 1. The summed E-state index contributed by atoms with van der Waals surface area (Å²) < 4.78 is 7.60. The predicted molar refractivity (Wildman–Crippen MR) is 122 cm³/mol. The number of urea groups is 1. The molecule has 1 aliphatic heterocycles. The van der Waals surface area contributed by atoms with Gasteiger partial charge in [0.05, 0.1) is 24.8 Å². The molecule has 0 atom stereocenters. The first-order valence-corrected chi connectivity index (χ1v) is 10.6. The normalized spacial score (nSPS) is 13.9. The molecule has 0 aliphatic carbocycles. The number of aryl methyl sites for hydroxylation is 1. The van der Waals surface area contributed by atoms with E-state index in [-0.39, 0.29) is 6.03 Å². The maximum atomic E-state index is 12.5. The molecule has 1 fully saturated rings. The molecule has 1 aliphatic rings. The molecule has 1 aromatic heterocycles. The van der Waals surface area contributed by atoms with E-state index in [1.807, 2.05) is 40.8 Å². The van der Waals surface area contributed by atoms with Crippen LogP contribution in [0.3, 0.4) is 0 Å². The second kappa shape index (κ2) is 9.55. The van der Waals surface area contributed by atoms with E-state index < -0.39 is 0 Å². The highest BCUT2D eigenvalue weighted by Crippen LogP contribution is 2.29. The molecular weight excluding hydrogens is 390 g/mol. The summed E-state index contributed by atoms with van der Waals surface area (Å²) in [6.45, 7) is 5.59. The third kappa shape index (κ3) is 4.99. The predicted octanol–water partition coefficient (Wildman–Crippen LogP) is 3.26. The Hall–Kier alpha value is -3.48. The minimum atomic E-state index is 0.0130. The van der Waals surface area contributed by atoms with Gasteiger partial charge < -0.3 is 24.4 Å². The number of aromatic nitrogens is 2. The van der Waals surface area contributed by atoms with Crippen LogP contribution in [0.5, 0.6) is 5.75 Å². The van der Waals surface area contributed by atoms with E-state index in [9.17, 15) is 4.79 Å². The van der Waals surface area contributed by atoms with Gasteiger partial charge in [-0.2, -0.15) is 0 Å². The summed E-state index contributed by atoms with van der Waals surface area (Å²) in [5, 5.41) is 3.04. The third-order valence-corrected chi connectivity index (χ3v) is 5.62. The average molecular weight is 420 g/mol. The van der Waals surface area contributed by atoms with Crippen LogP contribution in [0.1, 0.15) is 11.3 Å². The van der Waals surface area contributed by atoms with E-state index >= 15 is 0 Å². The molecular formula is C24H29N5O2. The molecule has 2 heterocycles. The number of piperazine rings is 1. The molecule has 0 unspecified atom stereocenters. The standard InChI is InChI=1S/C24H29N5O2/c1-19-17-29(18-26-19)22-9-8-21(16-23(22)31-2)27-12-14-28(15-13-27)24(30)25-11-10-20-6-4-3-5-7-20/h3-9,16-18H,10-15H2,1-2H3,(H,25,30). The Kier molecular flexibility index (Phi) is 6.40. The number of ether oxygens (including phenoxy) is 1. The zero-order valence-electron chi connectivity index (χ0n) is 18.1. The van der Waals surface area contributed by atoms with Crippen LogP contribution in [-0.4, -0.2) is 60.3 Å². The van der Waals surface area contributed by atoms with Gasteiger partial charge in [0.15, 0.2) is 0 Å². The van der Waals surface area contributed by atoms with Crippen molar-refractivity contribution in [3.05, 3.63) is 72.3 Å². The number of benzene rings is 2. The molecule has 7 nitrogen and oxygen atoms in total. The molecule has 3 aromatic rings. The van der Waals surface area contributed by atoms with Crippen molar-refractivity contribution in [2.45, 2.75) is 13.3 Å². The van der Waals surface area contributed by atoms with Crippen LogP contribution in [0.2, 0.25) is 0 Å². The molecule has 31 heavy (non-hydrogen) atoms. The molecule has 7 heteroatoms. The number of imidazole rings is 1. The summed E-state index contributed by atoms with van der Waals surface area (Å²) in [4.78, 5) is 21.0. The first-order chi connectivity index (χ1) is 15.1. The van der Waals surface area contributed by atoms with Crippen LogP contribution in [0.4, 0.5) is 10.5 Å². The smallest absolute Gasteiger partial charge is 0.317 e. The quantitative estimate of drug-likeness (QED) is 0.666. The second-order valence-corrected chi connectivity index (χ2v) is 7.72. The van der Waals surface area contributed by atoms with Crippen molar-refractivity contribution in [1.29, 1.82) is 0 Å². The van der Waals surface area contributed by atoms with Gasteiger partial charge in [-0.3, -0.25) is 0 Å². The number of carbonyl (C=O) groups excluding carboxylic acids is 1. The fourth-order valence-corrected chi connectivity index (χ4v) is 3.87. The van der Waals surface area contributed by atoms with Gasteiger partial charge in [0, 0.05) is 50.7 Å². The van der Waals surface area contributed by atoms with Crippen molar-refractivity contribution >= 4 is 11.7 Å². The summed E-state index contributed by atoms with van der Waals surface area (Å²) in [6, 6.07) is 16.4. The van der Waals surface area contributed by atoms with Crippen LogP contribution in [0.25, 0.3) is 5.69 Å². The van der Waals surface area contributed by atoms with Crippen molar-refractivity contribution in [1.82, 2.24) is 19.8 Å². The molecule has 0 saturated carbocycles. The number of amides is 2. The lowest BCUT2D eigenvalue weighted by molar-refractivity contribution is 0.194. The minimum Gasteiger partial charge on any atom is -0.494 e. The van der Waals surface area contributed by atoms with Crippen molar-refractivity contribution in [2.75, 3.05) is 44.7 Å². The topological polar surface area (TPSA) is 62.6 Å². The summed E-state index contributed by atoms with van der Waals surface area (Å²) >= 11 is 0. The van der Waals surface area contributed by atoms with Gasteiger partial charge in [-0.05, 0) is 31.0 Å². The highest BCUT2D eigenvalue weighted by Gasteiger charge is 2.22. The number of anilines is 1. The lowest BCUT2D eigenvalue weighted by Gasteiger charge is -2.36. The van der Waals surface area contributed by atoms with E-state index in [1.165, 1.54) is 5.56 Å². The van der Waals surface area contributed by atoms with E-state index in [0.29, 0.717) is 19.6 Å². The van der Waals surface area contributed by atoms with E-state index in [2.05, 4.69) is 45.5 Å². The molecule has 2 aromatic carbocycles. The van der Waals surface area contributed by atoms with Crippen molar-refractivity contribution in [2.24, 2.45) is 0 Å². The number of rotatable bonds is 6. The van der Waals surface area contributed by atoms with Crippen LogP contribution >= 0.6 is 0 Å². The van der Waals surface area contributed by atoms with Gasteiger partial charge in [0.1, 0.15) is 5.75 Å². The molecule has 2 amide bonds. The SMILES string of the molecule is COc1cc(N2CCN(C(=O)NCCc3ccccc3)CC2)ccc1-n1cnc(C)c1. The van der Waals surface area contributed by atoms with Gasteiger partial charge in [-0.25, -0.2) is 9.78 Å². The fraction of sp³-hybridized carbons (Fsp3) is 0.333. The Morgan fingerprint density at radius 1 is 1.10 bits per heavy atom. The molecule has 1 saturated heterocycles. The first kappa shape index (κ1) is 20.8. The summed E-state index contributed by atoms with van der Waals surface area (Å²) in [5.74, 6) is 0.802. The van der Waals surface area contributed by atoms with Crippen molar-refractivity contribution in [3.8, 4) is 11.4 Å². The van der Waals surface area contributed by atoms with Crippen LogP contribution < -0.4 is 15.0 Å². The number of hydrogen-bond acceptors (Lipinski definition) is 4. The lowest BCUT2D eigenvalue weighted by atomic mass is 10.1. The van der Waals surface area contributed by atoms with Gasteiger partial charge in [-0.15, -0.1) is 0 Å². The van der Waals surface area contributed by atoms with Gasteiger partial charge >= 0.3 is 6.03 Å². The number of nitrogens with one attached hydrogen (secondary N) is 1. The molecule has 0 radical (unpaired) electrons.